The van der Waals surface area contributed by atoms with Gasteiger partial charge in [0, 0.05) is 0 Å². The first kappa shape index (κ1) is 25.7. The molecule has 5 rings (SSSR count). The molecule has 2 unspecified atom stereocenters. The SMILES string of the molecule is CCC(C)(Cc1cc(CC(C)(CC)c2ccccc2)c(O)c(-n2nc3ccccc3n2)c1)c1ccccc1. The molecule has 4 heteroatoms. The molecule has 4 aromatic carbocycles. The predicted molar refractivity (Wildman–Crippen MR) is 156 cm³/mol. The standard InChI is InChI=1S/C34H37N3O/c1-5-33(3,27-15-9-7-10-16-27)23-25-21-26(24-34(4,6-2)28-17-11-8-12-18-28)32(38)31(22-25)37-35-29-19-13-14-20-30(29)36-37/h7-22,38H,5-6,23-24H2,1-4H3. The fourth-order valence-electron chi connectivity index (χ4n) is 5.51. The highest BCUT2D eigenvalue weighted by Crippen LogP contribution is 2.39. The smallest absolute Gasteiger partial charge is 0.146 e. The van der Waals surface area contributed by atoms with Crippen LogP contribution in [-0.4, -0.2) is 20.1 Å². The Morgan fingerprint density at radius 1 is 0.658 bits per heavy atom. The molecule has 4 nitrogen and oxygen atoms in total. The molecular weight excluding hydrogens is 466 g/mol. The van der Waals surface area contributed by atoms with E-state index in [4.69, 9.17) is 10.2 Å². The second kappa shape index (κ2) is 10.4. The number of phenolic OH excluding ortho intramolecular Hbond substituents is 1. The van der Waals surface area contributed by atoms with Crippen molar-refractivity contribution < 1.29 is 5.11 Å². The molecule has 0 aliphatic carbocycles. The maximum atomic E-state index is 11.7. The molecule has 1 heterocycles. The summed E-state index contributed by atoms with van der Waals surface area (Å²) in [5.74, 6) is 0.252. The molecule has 38 heavy (non-hydrogen) atoms. The zero-order valence-electron chi connectivity index (χ0n) is 22.9. The minimum atomic E-state index is -0.121. The van der Waals surface area contributed by atoms with E-state index in [9.17, 15) is 5.11 Å². The number of aromatic nitrogens is 3. The van der Waals surface area contributed by atoms with Crippen LogP contribution in [0.5, 0.6) is 5.75 Å². The van der Waals surface area contributed by atoms with Gasteiger partial charge >= 0.3 is 0 Å². The van der Waals surface area contributed by atoms with E-state index >= 15 is 0 Å². The summed E-state index contributed by atoms with van der Waals surface area (Å²) in [6.07, 6.45) is 3.53. The summed E-state index contributed by atoms with van der Waals surface area (Å²) < 4.78 is 0. The Morgan fingerprint density at radius 3 is 1.63 bits per heavy atom. The molecule has 0 saturated heterocycles. The van der Waals surface area contributed by atoms with E-state index in [0.717, 1.165) is 42.3 Å². The Bertz CT molecular complexity index is 1490. The molecule has 0 bridgehead atoms. The molecule has 0 radical (unpaired) electrons. The fraction of sp³-hybridized carbons (Fsp3) is 0.294. The number of hydrogen-bond donors (Lipinski definition) is 1. The lowest BCUT2D eigenvalue weighted by Crippen LogP contribution is -2.26. The first-order valence-electron chi connectivity index (χ1n) is 13.6. The van der Waals surface area contributed by atoms with Gasteiger partial charge in [0.25, 0.3) is 0 Å². The van der Waals surface area contributed by atoms with Gasteiger partial charge in [-0.15, -0.1) is 15.0 Å². The number of rotatable bonds is 9. The molecule has 0 aliphatic heterocycles. The minimum Gasteiger partial charge on any atom is -0.505 e. The molecule has 194 valence electrons. The zero-order valence-corrected chi connectivity index (χ0v) is 22.9. The van der Waals surface area contributed by atoms with Gasteiger partial charge in [0.15, 0.2) is 0 Å². The van der Waals surface area contributed by atoms with Gasteiger partial charge in [0.1, 0.15) is 22.5 Å². The highest BCUT2D eigenvalue weighted by Gasteiger charge is 2.30. The molecule has 0 fully saturated rings. The van der Waals surface area contributed by atoms with Gasteiger partial charge in [-0.2, -0.15) is 0 Å². The van der Waals surface area contributed by atoms with E-state index in [1.807, 2.05) is 24.3 Å². The molecule has 0 amide bonds. The summed E-state index contributed by atoms with van der Waals surface area (Å²) >= 11 is 0. The highest BCUT2D eigenvalue weighted by atomic mass is 16.3. The Hall–Kier alpha value is -3.92. The van der Waals surface area contributed by atoms with Gasteiger partial charge in [-0.25, -0.2) is 0 Å². The van der Waals surface area contributed by atoms with E-state index in [1.54, 1.807) is 4.80 Å². The van der Waals surface area contributed by atoms with Crippen molar-refractivity contribution in [2.75, 3.05) is 0 Å². The third kappa shape index (κ3) is 4.96. The van der Waals surface area contributed by atoms with Crippen molar-refractivity contribution in [2.24, 2.45) is 0 Å². The van der Waals surface area contributed by atoms with E-state index in [1.165, 1.54) is 16.7 Å². The van der Waals surface area contributed by atoms with Gasteiger partial charge in [0.2, 0.25) is 0 Å². The third-order valence-corrected chi connectivity index (χ3v) is 8.41. The summed E-state index contributed by atoms with van der Waals surface area (Å²) in [4.78, 5) is 1.60. The van der Waals surface area contributed by atoms with Gasteiger partial charge in [-0.3, -0.25) is 0 Å². The van der Waals surface area contributed by atoms with E-state index in [0.29, 0.717) is 5.69 Å². The van der Waals surface area contributed by atoms with Gasteiger partial charge in [-0.1, -0.05) is 107 Å². The predicted octanol–water partition coefficient (Wildman–Crippen LogP) is 7.95. The van der Waals surface area contributed by atoms with Gasteiger partial charge < -0.3 is 5.11 Å². The summed E-state index contributed by atoms with van der Waals surface area (Å²) in [6, 6.07) is 33.5. The van der Waals surface area contributed by atoms with E-state index in [-0.39, 0.29) is 16.6 Å². The van der Waals surface area contributed by atoms with E-state index in [2.05, 4.69) is 100 Å². The Balaban J connectivity index is 1.64. The lowest BCUT2D eigenvalue weighted by molar-refractivity contribution is 0.419. The number of nitrogens with zero attached hydrogens (tertiary/aromatic N) is 3. The van der Waals surface area contributed by atoms with Gasteiger partial charge in [0.05, 0.1) is 0 Å². The van der Waals surface area contributed by atoms with Crippen LogP contribution in [0, 0.1) is 0 Å². The molecule has 1 aromatic heterocycles. The normalized spacial score (nSPS) is 14.7. The van der Waals surface area contributed by atoms with Crippen molar-refractivity contribution in [3.63, 3.8) is 0 Å². The first-order chi connectivity index (χ1) is 18.3. The quantitative estimate of drug-likeness (QED) is 0.222. The third-order valence-electron chi connectivity index (χ3n) is 8.41. The molecule has 0 aliphatic rings. The minimum absolute atomic E-state index is 0.0392. The van der Waals surface area contributed by atoms with Crippen LogP contribution in [0.4, 0.5) is 0 Å². The maximum Gasteiger partial charge on any atom is 0.146 e. The molecular formula is C34H37N3O. The summed E-state index contributed by atoms with van der Waals surface area (Å²) in [5.41, 5.74) is 6.80. The molecule has 0 spiro atoms. The monoisotopic (exact) mass is 503 g/mol. The molecule has 0 saturated carbocycles. The topological polar surface area (TPSA) is 50.9 Å². The van der Waals surface area contributed by atoms with Crippen LogP contribution in [0.3, 0.4) is 0 Å². The average molecular weight is 504 g/mol. The van der Waals surface area contributed by atoms with Crippen molar-refractivity contribution >= 4 is 11.0 Å². The van der Waals surface area contributed by atoms with Gasteiger partial charge in [-0.05, 0) is 77.0 Å². The Morgan fingerprint density at radius 2 is 1.13 bits per heavy atom. The van der Waals surface area contributed by atoms with Crippen LogP contribution in [0.25, 0.3) is 16.7 Å². The Kier molecular flexibility index (Phi) is 7.07. The molecule has 1 N–H and O–H groups in total. The fourth-order valence-corrected chi connectivity index (χ4v) is 5.51. The number of benzene rings is 4. The summed E-state index contributed by atoms with van der Waals surface area (Å²) in [7, 11) is 0. The summed E-state index contributed by atoms with van der Waals surface area (Å²) in [6.45, 7) is 9.09. The number of fused-ring (bicyclic) bond motifs is 1. The largest absolute Gasteiger partial charge is 0.505 e. The van der Waals surface area contributed by atoms with Crippen LogP contribution >= 0.6 is 0 Å². The van der Waals surface area contributed by atoms with Crippen molar-refractivity contribution in [1.29, 1.82) is 0 Å². The zero-order chi connectivity index (χ0) is 26.8. The number of phenols is 1. The summed E-state index contributed by atoms with van der Waals surface area (Å²) in [5, 5.41) is 21.1. The second-order valence-corrected chi connectivity index (χ2v) is 11.0. The van der Waals surface area contributed by atoms with Crippen LogP contribution in [0.1, 0.15) is 62.8 Å². The van der Waals surface area contributed by atoms with Crippen molar-refractivity contribution in [3.8, 4) is 11.4 Å². The van der Waals surface area contributed by atoms with Crippen LogP contribution in [0.2, 0.25) is 0 Å². The van der Waals surface area contributed by atoms with Crippen molar-refractivity contribution in [1.82, 2.24) is 15.0 Å². The maximum absolute atomic E-state index is 11.7. The lowest BCUT2D eigenvalue weighted by Gasteiger charge is -2.32. The van der Waals surface area contributed by atoms with E-state index < -0.39 is 0 Å². The highest BCUT2D eigenvalue weighted by molar-refractivity contribution is 5.73. The van der Waals surface area contributed by atoms with Crippen LogP contribution in [0.15, 0.2) is 97.1 Å². The number of aromatic hydroxyl groups is 1. The average Bonchev–Trinajstić information content (AvgIpc) is 3.39. The first-order valence-corrected chi connectivity index (χ1v) is 13.6. The van der Waals surface area contributed by atoms with Crippen LogP contribution < -0.4 is 0 Å². The second-order valence-electron chi connectivity index (χ2n) is 11.0. The van der Waals surface area contributed by atoms with Crippen LogP contribution in [-0.2, 0) is 23.7 Å². The molecule has 2 atom stereocenters. The number of hydrogen-bond acceptors (Lipinski definition) is 3. The van der Waals surface area contributed by atoms with Crippen molar-refractivity contribution in [2.45, 2.75) is 64.2 Å². The Labute approximate surface area is 226 Å². The lowest BCUT2D eigenvalue weighted by atomic mass is 9.73. The molecule has 5 aromatic rings. The van der Waals surface area contributed by atoms with Crippen molar-refractivity contribution in [3.05, 3.63) is 119 Å².